The highest BCUT2D eigenvalue weighted by atomic mass is 35.5. The van der Waals surface area contributed by atoms with Crippen molar-refractivity contribution in [3.05, 3.63) is 71.9 Å². The van der Waals surface area contributed by atoms with E-state index in [0.29, 0.717) is 5.75 Å². The molecule has 1 aromatic carbocycles. The number of anilines is 1. The van der Waals surface area contributed by atoms with Gasteiger partial charge in [-0.15, -0.1) is 12.4 Å². The molecule has 6 nitrogen and oxygen atoms in total. The molecule has 1 aliphatic heterocycles. The number of nitrogens with zero attached hydrogens (tertiary/aromatic N) is 2. The van der Waals surface area contributed by atoms with Gasteiger partial charge in [-0.05, 0) is 56.6 Å². The van der Waals surface area contributed by atoms with Gasteiger partial charge in [-0.25, -0.2) is 18.2 Å². The summed E-state index contributed by atoms with van der Waals surface area (Å²) in [4.78, 5) is 20.7. The van der Waals surface area contributed by atoms with Crippen molar-refractivity contribution in [2.24, 2.45) is 0 Å². The van der Waals surface area contributed by atoms with Gasteiger partial charge in [0.15, 0.2) is 11.5 Å². The number of ether oxygens (including phenoxy) is 1. The van der Waals surface area contributed by atoms with E-state index >= 15 is 0 Å². The van der Waals surface area contributed by atoms with Gasteiger partial charge in [-0.1, -0.05) is 6.07 Å². The SMILES string of the molecule is Cl.O=C(Nc1cnccc1OC1CCCNCC1)c1nc(-c2c(F)cccc2F)ccc1F. The van der Waals surface area contributed by atoms with Gasteiger partial charge in [0.25, 0.3) is 5.91 Å². The lowest BCUT2D eigenvalue weighted by atomic mass is 10.1. The van der Waals surface area contributed by atoms with Crippen LogP contribution in [-0.4, -0.2) is 35.1 Å². The molecule has 10 heteroatoms. The predicted octanol–water partition coefficient (Wildman–Crippen LogP) is 4.76. The average Bonchev–Trinajstić information content (AvgIpc) is 3.05. The summed E-state index contributed by atoms with van der Waals surface area (Å²) in [5, 5.41) is 5.85. The van der Waals surface area contributed by atoms with E-state index in [1.165, 1.54) is 18.5 Å². The van der Waals surface area contributed by atoms with Gasteiger partial charge in [0.2, 0.25) is 0 Å². The van der Waals surface area contributed by atoms with Gasteiger partial charge in [0, 0.05) is 12.3 Å². The van der Waals surface area contributed by atoms with Crippen LogP contribution in [0.2, 0.25) is 0 Å². The van der Waals surface area contributed by atoms with Crippen molar-refractivity contribution in [1.82, 2.24) is 15.3 Å². The van der Waals surface area contributed by atoms with Crippen LogP contribution in [-0.2, 0) is 0 Å². The number of nitrogens with one attached hydrogen (secondary N) is 2. The van der Waals surface area contributed by atoms with Gasteiger partial charge < -0.3 is 15.4 Å². The standard InChI is InChI=1S/C23H21F3N4O2.ClH/c24-15-4-1-5-16(25)21(15)18-7-6-17(26)22(29-18)23(31)30-19-13-28-12-9-20(19)32-14-3-2-10-27-11-8-14;/h1,4-7,9,12-14,27H,2-3,8,10-11H2,(H,30,31);1H. The molecular formula is C23H22ClF3N4O2. The summed E-state index contributed by atoms with van der Waals surface area (Å²) in [5.74, 6) is -3.14. The van der Waals surface area contributed by atoms with E-state index in [-0.39, 0.29) is 29.9 Å². The fraction of sp³-hybridized carbons (Fsp3) is 0.261. The van der Waals surface area contributed by atoms with Crippen LogP contribution in [0.1, 0.15) is 29.8 Å². The maximum atomic E-state index is 14.4. The van der Waals surface area contributed by atoms with Gasteiger partial charge >= 0.3 is 0 Å². The molecule has 0 spiro atoms. The Morgan fingerprint density at radius 1 is 1.03 bits per heavy atom. The molecule has 1 unspecified atom stereocenters. The first-order valence-electron chi connectivity index (χ1n) is 10.3. The first-order valence-corrected chi connectivity index (χ1v) is 10.3. The highest BCUT2D eigenvalue weighted by Gasteiger charge is 2.21. The van der Waals surface area contributed by atoms with Crippen molar-refractivity contribution < 1.29 is 22.7 Å². The highest BCUT2D eigenvalue weighted by Crippen LogP contribution is 2.28. The minimum Gasteiger partial charge on any atom is -0.488 e. The third-order valence-corrected chi connectivity index (χ3v) is 5.13. The number of benzene rings is 1. The smallest absolute Gasteiger partial charge is 0.277 e. The topological polar surface area (TPSA) is 76.1 Å². The summed E-state index contributed by atoms with van der Waals surface area (Å²) in [5.41, 5.74) is -0.980. The molecule has 1 aliphatic rings. The molecule has 174 valence electrons. The number of hydrogen-bond donors (Lipinski definition) is 2. The number of hydrogen-bond acceptors (Lipinski definition) is 5. The average molecular weight is 479 g/mol. The van der Waals surface area contributed by atoms with E-state index in [0.717, 1.165) is 56.6 Å². The van der Waals surface area contributed by atoms with Crippen LogP contribution in [0.25, 0.3) is 11.3 Å². The van der Waals surface area contributed by atoms with Gasteiger partial charge in [0.05, 0.1) is 17.5 Å². The van der Waals surface area contributed by atoms with E-state index in [1.807, 2.05) is 0 Å². The largest absolute Gasteiger partial charge is 0.488 e. The lowest BCUT2D eigenvalue weighted by molar-refractivity contribution is 0.101. The molecule has 2 N–H and O–H groups in total. The summed E-state index contributed by atoms with van der Waals surface area (Å²) in [6.07, 6.45) is 5.51. The molecule has 3 aromatic rings. The zero-order valence-electron chi connectivity index (χ0n) is 17.5. The molecule has 0 aliphatic carbocycles. The number of carbonyl (C=O) groups is 1. The molecule has 0 bridgehead atoms. The van der Waals surface area contributed by atoms with Crippen LogP contribution < -0.4 is 15.4 Å². The Hall–Kier alpha value is -3.17. The fourth-order valence-corrected chi connectivity index (χ4v) is 3.53. The Kier molecular flexibility index (Phi) is 8.24. The van der Waals surface area contributed by atoms with Crippen molar-refractivity contribution in [3.63, 3.8) is 0 Å². The van der Waals surface area contributed by atoms with Crippen molar-refractivity contribution in [1.29, 1.82) is 0 Å². The molecule has 3 heterocycles. The van der Waals surface area contributed by atoms with Crippen molar-refractivity contribution in [2.75, 3.05) is 18.4 Å². The zero-order chi connectivity index (χ0) is 22.5. The fourth-order valence-electron chi connectivity index (χ4n) is 3.53. The van der Waals surface area contributed by atoms with E-state index in [9.17, 15) is 18.0 Å². The van der Waals surface area contributed by atoms with Crippen LogP contribution in [0.4, 0.5) is 18.9 Å². The number of halogens is 4. The minimum absolute atomic E-state index is 0. The monoisotopic (exact) mass is 478 g/mol. The van der Waals surface area contributed by atoms with E-state index < -0.39 is 34.6 Å². The Morgan fingerprint density at radius 2 is 1.82 bits per heavy atom. The minimum atomic E-state index is -0.927. The van der Waals surface area contributed by atoms with Gasteiger partial charge in [-0.2, -0.15) is 0 Å². The highest BCUT2D eigenvalue weighted by molar-refractivity contribution is 6.04. The molecule has 33 heavy (non-hydrogen) atoms. The molecular weight excluding hydrogens is 457 g/mol. The van der Waals surface area contributed by atoms with E-state index in [2.05, 4.69) is 20.6 Å². The Bertz CT molecular complexity index is 1100. The van der Waals surface area contributed by atoms with Crippen molar-refractivity contribution in [2.45, 2.75) is 25.4 Å². The van der Waals surface area contributed by atoms with E-state index in [1.54, 1.807) is 6.07 Å². The van der Waals surface area contributed by atoms with Crippen molar-refractivity contribution >= 4 is 24.0 Å². The third kappa shape index (κ3) is 5.80. The summed E-state index contributed by atoms with van der Waals surface area (Å²) in [6, 6.07) is 7.01. The summed E-state index contributed by atoms with van der Waals surface area (Å²) in [7, 11) is 0. The number of aromatic nitrogens is 2. The Labute approximate surface area is 195 Å². The zero-order valence-corrected chi connectivity index (χ0v) is 18.3. The number of rotatable bonds is 5. The lowest BCUT2D eigenvalue weighted by Crippen LogP contribution is -2.21. The first kappa shape index (κ1) is 24.5. The number of pyridine rings is 2. The normalized spacial score (nSPS) is 15.8. The second-order valence-corrected chi connectivity index (χ2v) is 7.37. The van der Waals surface area contributed by atoms with Crippen molar-refractivity contribution in [3.8, 4) is 17.0 Å². The van der Waals surface area contributed by atoms with Crippen LogP contribution in [0.15, 0.2) is 48.8 Å². The Morgan fingerprint density at radius 3 is 2.61 bits per heavy atom. The maximum Gasteiger partial charge on any atom is 0.277 e. The summed E-state index contributed by atoms with van der Waals surface area (Å²) >= 11 is 0. The molecule has 0 radical (unpaired) electrons. The predicted molar refractivity (Wildman–Crippen MR) is 120 cm³/mol. The first-order chi connectivity index (χ1) is 15.5. The molecule has 1 saturated heterocycles. The van der Waals surface area contributed by atoms with Crippen LogP contribution in [0.5, 0.6) is 5.75 Å². The van der Waals surface area contributed by atoms with Crippen LogP contribution in [0.3, 0.4) is 0 Å². The quantitative estimate of drug-likeness (QED) is 0.553. The molecule has 1 fully saturated rings. The third-order valence-electron chi connectivity index (χ3n) is 5.13. The maximum absolute atomic E-state index is 14.4. The summed E-state index contributed by atoms with van der Waals surface area (Å²) in [6.45, 7) is 1.75. The molecule has 4 rings (SSSR count). The molecule has 1 atom stereocenters. The van der Waals surface area contributed by atoms with Gasteiger partial charge in [-0.3, -0.25) is 9.78 Å². The van der Waals surface area contributed by atoms with Crippen LogP contribution >= 0.6 is 12.4 Å². The molecule has 1 amide bonds. The number of carbonyl (C=O) groups excluding carboxylic acids is 1. The van der Waals surface area contributed by atoms with Crippen LogP contribution in [0, 0.1) is 17.5 Å². The Balaban J connectivity index is 0.00000306. The van der Waals surface area contributed by atoms with Gasteiger partial charge in [0.1, 0.15) is 29.2 Å². The lowest BCUT2D eigenvalue weighted by Gasteiger charge is -2.19. The molecule has 0 saturated carbocycles. The second-order valence-electron chi connectivity index (χ2n) is 7.37. The second kappa shape index (κ2) is 11.1. The van der Waals surface area contributed by atoms with E-state index in [4.69, 9.17) is 4.74 Å². The summed E-state index contributed by atoms with van der Waals surface area (Å²) < 4.78 is 48.7. The molecule has 2 aromatic heterocycles. The number of amides is 1.